The van der Waals surface area contributed by atoms with E-state index in [9.17, 15) is 8.78 Å². The van der Waals surface area contributed by atoms with E-state index in [1.54, 1.807) is 13.1 Å². The van der Waals surface area contributed by atoms with Crippen molar-refractivity contribution in [2.75, 3.05) is 43.4 Å². The molecular formula is C21H28ClF2N7. The van der Waals surface area contributed by atoms with Crippen LogP contribution in [0.3, 0.4) is 0 Å². The number of halogens is 3. The molecule has 2 aromatic rings. The SMILES string of the molecule is CC(=NCC(F)F)/C(=C\N)Nc1ncc2cc(Cl)c(N3CCN(C)C(C)(C)C3)cc2n1. The molecule has 1 aromatic heterocycles. The molecule has 2 heterocycles. The van der Waals surface area contributed by atoms with E-state index >= 15 is 0 Å². The molecule has 31 heavy (non-hydrogen) atoms. The molecule has 0 atom stereocenters. The van der Waals surface area contributed by atoms with Gasteiger partial charge in [-0.05, 0) is 40.0 Å². The van der Waals surface area contributed by atoms with Gasteiger partial charge in [0.25, 0.3) is 6.43 Å². The molecule has 7 nitrogen and oxygen atoms in total. The zero-order valence-electron chi connectivity index (χ0n) is 18.2. The number of piperazine rings is 1. The monoisotopic (exact) mass is 451 g/mol. The van der Waals surface area contributed by atoms with Crippen LogP contribution in [0.4, 0.5) is 20.4 Å². The summed E-state index contributed by atoms with van der Waals surface area (Å²) in [7, 11) is 2.12. The molecule has 1 aliphatic rings. The first kappa shape index (κ1) is 23.1. The van der Waals surface area contributed by atoms with E-state index in [0.29, 0.717) is 27.9 Å². The van der Waals surface area contributed by atoms with Gasteiger partial charge < -0.3 is 16.0 Å². The Balaban J connectivity index is 1.88. The molecule has 0 spiro atoms. The molecule has 0 saturated carbocycles. The lowest BCUT2D eigenvalue weighted by molar-refractivity contribution is 0.139. The fraction of sp³-hybridized carbons (Fsp3) is 0.476. The summed E-state index contributed by atoms with van der Waals surface area (Å²) in [4.78, 5) is 17.3. The van der Waals surface area contributed by atoms with Crippen molar-refractivity contribution in [2.45, 2.75) is 32.7 Å². The number of hydrogen-bond acceptors (Lipinski definition) is 7. The number of alkyl halides is 2. The first-order valence-electron chi connectivity index (χ1n) is 10.0. The van der Waals surface area contributed by atoms with Crippen LogP contribution < -0.4 is 16.0 Å². The van der Waals surface area contributed by atoms with Crippen LogP contribution in [0.5, 0.6) is 0 Å². The fourth-order valence-corrected chi connectivity index (χ4v) is 3.74. The molecule has 1 saturated heterocycles. The number of nitrogens with one attached hydrogen (secondary N) is 1. The number of nitrogens with zero attached hydrogens (tertiary/aromatic N) is 5. The number of anilines is 2. The number of aliphatic imine (C=N–C) groups is 1. The quantitative estimate of drug-likeness (QED) is 0.651. The molecule has 10 heteroatoms. The number of likely N-dealkylation sites (N-methyl/N-ethyl adjacent to an activating group) is 1. The summed E-state index contributed by atoms with van der Waals surface area (Å²) < 4.78 is 24.9. The van der Waals surface area contributed by atoms with E-state index in [1.165, 1.54) is 6.20 Å². The molecule has 0 radical (unpaired) electrons. The van der Waals surface area contributed by atoms with Gasteiger partial charge in [0.15, 0.2) is 0 Å². The van der Waals surface area contributed by atoms with Crippen LogP contribution in [0.25, 0.3) is 10.9 Å². The number of rotatable bonds is 6. The van der Waals surface area contributed by atoms with Crippen LogP contribution in [0.2, 0.25) is 5.02 Å². The largest absolute Gasteiger partial charge is 0.403 e. The van der Waals surface area contributed by atoms with Crippen molar-refractivity contribution in [3.63, 3.8) is 0 Å². The molecule has 0 unspecified atom stereocenters. The number of nitrogens with two attached hydrogens (primary N) is 1. The maximum atomic E-state index is 12.4. The summed E-state index contributed by atoms with van der Waals surface area (Å²) >= 11 is 6.59. The third kappa shape index (κ3) is 5.40. The molecule has 1 aliphatic heterocycles. The standard InChI is InChI=1S/C21H28ClF2N7/c1-13(26-11-19(23)24)17(9-25)29-20-27-10-14-7-15(22)18(8-16(14)28-20)31-6-5-30(4)21(2,3)12-31/h7-10,19H,5-6,11-12,25H2,1-4H3,(H,27,28,29)/b17-9+,26-13?. The average Bonchev–Trinajstić information content (AvgIpc) is 2.71. The molecule has 3 rings (SSSR count). The number of hydrogen-bond donors (Lipinski definition) is 2. The normalized spacial score (nSPS) is 18.1. The van der Waals surface area contributed by atoms with Crippen LogP contribution >= 0.6 is 11.6 Å². The van der Waals surface area contributed by atoms with Crippen LogP contribution in [-0.2, 0) is 0 Å². The molecule has 168 valence electrons. The van der Waals surface area contributed by atoms with E-state index in [2.05, 4.69) is 51.0 Å². The maximum absolute atomic E-state index is 12.4. The number of aromatic nitrogens is 2. The fourth-order valence-electron chi connectivity index (χ4n) is 3.45. The van der Waals surface area contributed by atoms with E-state index in [0.717, 1.165) is 30.7 Å². The maximum Gasteiger partial charge on any atom is 0.257 e. The van der Waals surface area contributed by atoms with Gasteiger partial charge in [-0.15, -0.1) is 0 Å². The van der Waals surface area contributed by atoms with Crippen LogP contribution in [0.15, 0.2) is 35.2 Å². The number of benzene rings is 1. The summed E-state index contributed by atoms with van der Waals surface area (Å²) in [5.41, 5.74) is 8.02. The minimum Gasteiger partial charge on any atom is -0.403 e. The first-order chi connectivity index (χ1) is 14.6. The van der Waals surface area contributed by atoms with Gasteiger partial charge in [-0.3, -0.25) is 9.89 Å². The van der Waals surface area contributed by atoms with Crippen LogP contribution in [0, 0.1) is 0 Å². The van der Waals surface area contributed by atoms with Gasteiger partial charge in [-0.2, -0.15) is 0 Å². The zero-order valence-corrected chi connectivity index (χ0v) is 18.9. The van der Waals surface area contributed by atoms with Crippen LogP contribution in [-0.4, -0.2) is 65.8 Å². The molecule has 1 fully saturated rings. The highest BCUT2D eigenvalue weighted by molar-refractivity contribution is 6.34. The summed E-state index contributed by atoms with van der Waals surface area (Å²) in [6, 6.07) is 3.81. The minimum absolute atomic E-state index is 0.0187. The Hall–Kier alpha value is -2.52. The third-order valence-corrected chi connectivity index (χ3v) is 5.88. The summed E-state index contributed by atoms with van der Waals surface area (Å²) in [5.74, 6) is 0.294. The second-order valence-electron chi connectivity index (χ2n) is 8.23. The van der Waals surface area contributed by atoms with Gasteiger partial charge in [-0.25, -0.2) is 18.7 Å². The van der Waals surface area contributed by atoms with Gasteiger partial charge >= 0.3 is 0 Å². The molecule has 1 aromatic carbocycles. The van der Waals surface area contributed by atoms with Gasteiger partial charge in [0.05, 0.1) is 27.6 Å². The lowest BCUT2D eigenvalue weighted by Crippen LogP contribution is -2.57. The van der Waals surface area contributed by atoms with E-state index in [4.69, 9.17) is 17.3 Å². The van der Waals surface area contributed by atoms with Crippen molar-refractivity contribution < 1.29 is 8.78 Å². The van der Waals surface area contributed by atoms with E-state index in [1.807, 2.05) is 12.1 Å². The molecular weight excluding hydrogens is 424 g/mol. The summed E-state index contributed by atoms with van der Waals surface area (Å²) in [6.07, 6.45) is 0.402. The van der Waals surface area contributed by atoms with Crippen molar-refractivity contribution in [3.05, 3.63) is 35.2 Å². The molecule has 0 bridgehead atoms. The van der Waals surface area contributed by atoms with Crippen LogP contribution in [0.1, 0.15) is 20.8 Å². The molecule has 0 aliphatic carbocycles. The second-order valence-corrected chi connectivity index (χ2v) is 8.64. The third-order valence-electron chi connectivity index (χ3n) is 5.57. The Labute approximate surface area is 186 Å². The number of allylic oxidation sites excluding steroid dienone is 1. The van der Waals surface area contributed by atoms with Crippen molar-refractivity contribution in [3.8, 4) is 0 Å². The highest BCUT2D eigenvalue weighted by Crippen LogP contribution is 2.33. The lowest BCUT2D eigenvalue weighted by Gasteiger charge is -2.46. The summed E-state index contributed by atoms with van der Waals surface area (Å²) in [6.45, 7) is 8.05. The van der Waals surface area contributed by atoms with Crippen molar-refractivity contribution in [1.82, 2.24) is 14.9 Å². The van der Waals surface area contributed by atoms with Gasteiger partial charge in [-0.1, -0.05) is 11.6 Å². The van der Waals surface area contributed by atoms with Gasteiger partial charge in [0.1, 0.15) is 6.54 Å². The second kappa shape index (κ2) is 9.32. The lowest BCUT2D eigenvalue weighted by atomic mass is 9.99. The summed E-state index contributed by atoms with van der Waals surface area (Å²) in [5, 5.41) is 4.41. The average molecular weight is 452 g/mol. The van der Waals surface area contributed by atoms with Gasteiger partial charge in [0.2, 0.25) is 5.95 Å². The Morgan fingerprint density at radius 3 is 2.77 bits per heavy atom. The smallest absolute Gasteiger partial charge is 0.257 e. The minimum atomic E-state index is -2.52. The first-order valence-corrected chi connectivity index (χ1v) is 10.4. The predicted molar refractivity (Wildman–Crippen MR) is 123 cm³/mol. The Kier molecular flexibility index (Phi) is 6.96. The van der Waals surface area contributed by atoms with Gasteiger partial charge in [0, 0.05) is 43.0 Å². The van der Waals surface area contributed by atoms with Crippen molar-refractivity contribution in [2.24, 2.45) is 10.7 Å². The highest BCUT2D eigenvalue weighted by Gasteiger charge is 2.32. The topological polar surface area (TPSA) is 82.7 Å². The zero-order chi connectivity index (χ0) is 22.8. The van der Waals surface area contributed by atoms with E-state index in [-0.39, 0.29) is 5.54 Å². The van der Waals surface area contributed by atoms with Crippen molar-refractivity contribution >= 4 is 39.9 Å². The Morgan fingerprint density at radius 1 is 1.39 bits per heavy atom. The molecule has 0 amide bonds. The Morgan fingerprint density at radius 2 is 2.13 bits per heavy atom. The molecule has 3 N–H and O–H groups in total. The van der Waals surface area contributed by atoms with E-state index < -0.39 is 13.0 Å². The van der Waals surface area contributed by atoms with Crippen molar-refractivity contribution in [1.29, 1.82) is 0 Å². The number of fused-ring (bicyclic) bond motifs is 1. The highest BCUT2D eigenvalue weighted by atomic mass is 35.5. The Bertz CT molecular complexity index is 1010. The predicted octanol–water partition coefficient (Wildman–Crippen LogP) is 3.75.